The average molecular weight is 272 g/mol. The van der Waals surface area contributed by atoms with Crippen LogP contribution in [0.15, 0.2) is 48.5 Å². The Labute approximate surface area is 118 Å². The lowest BCUT2D eigenvalue weighted by Crippen LogP contribution is -2.04. The first-order valence-electron chi connectivity index (χ1n) is 6.64. The molecule has 2 aromatic carbocycles. The van der Waals surface area contributed by atoms with E-state index in [9.17, 15) is 9.18 Å². The first kappa shape index (κ1) is 14.3. The SMILES string of the molecule is CC(=O)c1cc(F)ccc1OCCCc1ccccc1. The maximum atomic E-state index is 13.1. The van der Waals surface area contributed by atoms with Crippen LogP contribution in [-0.4, -0.2) is 12.4 Å². The summed E-state index contributed by atoms with van der Waals surface area (Å²) >= 11 is 0. The van der Waals surface area contributed by atoms with Crippen molar-refractivity contribution >= 4 is 5.78 Å². The topological polar surface area (TPSA) is 26.3 Å². The van der Waals surface area contributed by atoms with Gasteiger partial charge in [-0.25, -0.2) is 4.39 Å². The maximum Gasteiger partial charge on any atom is 0.163 e. The van der Waals surface area contributed by atoms with Crippen LogP contribution >= 0.6 is 0 Å². The lowest BCUT2D eigenvalue weighted by Gasteiger charge is -2.10. The molecule has 2 rings (SSSR count). The van der Waals surface area contributed by atoms with Crippen molar-refractivity contribution in [3.63, 3.8) is 0 Å². The van der Waals surface area contributed by atoms with E-state index in [-0.39, 0.29) is 5.78 Å². The number of halogens is 1. The van der Waals surface area contributed by atoms with Gasteiger partial charge in [0.2, 0.25) is 0 Å². The van der Waals surface area contributed by atoms with Crippen LogP contribution in [0, 0.1) is 5.82 Å². The van der Waals surface area contributed by atoms with Crippen LogP contribution < -0.4 is 4.74 Å². The van der Waals surface area contributed by atoms with Crippen molar-refractivity contribution in [1.29, 1.82) is 0 Å². The van der Waals surface area contributed by atoms with Crippen LogP contribution in [0.1, 0.15) is 29.3 Å². The van der Waals surface area contributed by atoms with Gasteiger partial charge in [-0.15, -0.1) is 0 Å². The molecule has 20 heavy (non-hydrogen) atoms. The van der Waals surface area contributed by atoms with Gasteiger partial charge in [-0.2, -0.15) is 0 Å². The van der Waals surface area contributed by atoms with E-state index in [4.69, 9.17) is 4.74 Å². The molecule has 0 radical (unpaired) electrons. The van der Waals surface area contributed by atoms with Gasteiger partial charge < -0.3 is 4.74 Å². The summed E-state index contributed by atoms with van der Waals surface area (Å²) in [6.07, 6.45) is 1.76. The molecule has 0 spiro atoms. The van der Waals surface area contributed by atoms with Gasteiger partial charge in [-0.05, 0) is 43.5 Å². The van der Waals surface area contributed by atoms with Crippen LogP contribution in [0.2, 0.25) is 0 Å². The van der Waals surface area contributed by atoms with E-state index in [1.807, 2.05) is 18.2 Å². The van der Waals surface area contributed by atoms with E-state index in [1.54, 1.807) is 0 Å². The van der Waals surface area contributed by atoms with Crippen molar-refractivity contribution in [2.75, 3.05) is 6.61 Å². The Morgan fingerprint density at radius 1 is 1.15 bits per heavy atom. The molecule has 104 valence electrons. The zero-order valence-corrected chi connectivity index (χ0v) is 11.4. The number of carbonyl (C=O) groups excluding carboxylic acids is 1. The Bertz CT molecular complexity index is 579. The molecule has 2 nitrogen and oxygen atoms in total. The Morgan fingerprint density at radius 2 is 1.90 bits per heavy atom. The largest absolute Gasteiger partial charge is 0.493 e. The zero-order valence-electron chi connectivity index (χ0n) is 11.4. The highest BCUT2D eigenvalue weighted by Crippen LogP contribution is 2.20. The van der Waals surface area contributed by atoms with Gasteiger partial charge >= 0.3 is 0 Å². The lowest BCUT2D eigenvalue weighted by molar-refractivity contribution is 0.101. The van der Waals surface area contributed by atoms with Crippen molar-refractivity contribution < 1.29 is 13.9 Å². The van der Waals surface area contributed by atoms with Crippen molar-refractivity contribution in [2.24, 2.45) is 0 Å². The molecule has 0 atom stereocenters. The molecule has 0 saturated carbocycles. The number of carbonyl (C=O) groups is 1. The molecule has 0 aliphatic carbocycles. The molecular weight excluding hydrogens is 255 g/mol. The predicted octanol–water partition coefficient (Wildman–Crippen LogP) is 4.04. The van der Waals surface area contributed by atoms with Crippen molar-refractivity contribution in [3.05, 3.63) is 65.5 Å². The highest BCUT2D eigenvalue weighted by atomic mass is 19.1. The predicted molar refractivity (Wildman–Crippen MR) is 76.7 cm³/mol. The first-order valence-corrected chi connectivity index (χ1v) is 6.64. The Kier molecular flexibility index (Phi) is 4.88. The molecule has 0 unspecified atom stereocenters. The third-order valence-corrected chi connectivity index (χ3v) is 3.03. The fourth-order valence-corrected chi connectivity index (χ4v) is 2.01. The molecule has 2 aromatic rings. The molecule has 3 heteroatoms. The van der Waals surface area contributed by atoms with E-state index in [0.29, 0.717) is 17.9 Å². The Balaban J connectivity index is 1.90. The molecule has 0 aromatic heterocycles. The van der Waals surface area contributed by atoms with E-state index in [0.717, 1.165) is 12.8 Å². The Hall–Kier alpha value is -2.16. The Morgan fingerprint density at radius 3 is 2.60 bits per heavy atom. The summed E-state index contributed by atoms with van der Waals surface area (Å²) in [6, 6.07) is 14.2. The van der Waals surface area contributed by atoms with Gasteiger partial charge in [-0.1, -0.05) is 30.3 Å². The second-order valence-corrected chi connectivity index (χ2v) is 4.63. The van der Waals surface area contributed by atoms with E-state index < -0.39 is 5.82 Å². The second kappa shape index (κ2) is 6.85. The van der Waals surface area contributed by atoms with E-state index >= 15 is 0 Å². The van der Waals surface area contributed by atoms with Gasteiger partial charge in [-0.3, -0.25) is 4.79 Å². The van der Waals surface area contributed by atoms with Crippen molar-refractivity contribution in [2.45, 2.75) is 19.8 Å². The number of ether oxygens (including phenoxy) is 1. The summed E-state index contributed by atoms with van der Waals surface area (Å²) in [5.41, 5.74) is 1.55. The number of aryl methyl sites for hydroxylation is 1. The van der Waals surface area contributed by atoms with Gasteiger partial charge in [0.25, 0.3) is 0 Å². The normalized spacial score (nSPS) is 10.3. The molecule has 0 aliphatic rings. The zero-order chi connectivity index (χ0) is 14.4. The highest BCUT2D eigenvalue weighted by Gasteiger charge is 2.09. The van der Waals surface area contributed by atoms with Crippen LogP contribution in [-0.2, 0) is 6.42 Å². The van der Waals surface area contributed by atoms with Gasteiger partial charge in [0.1, 0.15) is 11.6 Å². The smallest absolute Gasteiger partial charge is 0.163 e. The fraction of sp³-hybridized carbons (Fsp3) is 0.235. The van der Waals surface area contributed by atoms with Crippen LogP contribution in [0.25, 0.3) is 0 Å². The minimum atomic E-state index is -0.424. The molecule has 0 saturated heterocycles. The van der Waals surface area contributed by atoms with E-state index in [1.165, 1.54) is 30.7 Å². The van der Waals surface area contributed by atoms with Gasteiger partial charge in [0, 0.05) is 0 Å². The average Bonchev–Trinajstić information content (AvgIpc) is 2.45. The summed E-state index contributed by atoms with van der Waals surface area (Å²) in [6.45, 7) is 1.91. The minimum absolute atomic E-state index is 0.192. The molecule has 0 N–H and O–H groups in total. The quantitative estimate of drug-likeness (QED) is 0.586. The van der Waals surface area contributed by atoms with Crippen molar-refractivity contribution in [1.82, 2.24) is 0 Å². The number of hydrogen-bond acceptors (Lipinski definition) is 2. The number of ketones is 1. The summed E-state index contributed by atoms with van der Waals surface area (Å²) in [7, 11) is 0. The molecule has 0 amide bonds. The van der Waals surface area contributed by atoms with E-state index in [2.05, 4.69) is 12.1 Å². The number of hydrogen-bond donors (Lipinski definition) is 0. The van der Waals surface area contributed by atoms with Crippen LogP contribution in [0.3, 0.4) is 0 Å². The number of rotatable bonds is 6. The molecular formula is C17H17FO2. The standard InChI is InChI=1S/C17H17FO2/c1-13(19)16-12-15(18)9-10-17(16)20-11-5-8-14-6-3-2-4-7-14/h2-4,6-7,9-10,12H,5,8,11H2,1H3. The number of Topliss-reactive ketones (excluding diaryl/α,β-unsaturated/α-hetero) is 1. The second-order valence-electron chi connectivity index (χ2n) is 4.63. The summed E-state index contributed by atoms with van der Waals surface area (Å²) in [5, 5.41) is 0. The lowest BCUT2D eigenvalue weighted by atomic mass is 10.1. The highest BCUT2D eigenvalue weighted by molar-refractivity contribution is 5.96. The molecule has 0 heterocycles. The third kappa shape index (κ3) is 3.92. The number of benzene rings is 2. The third-order valence-electron chi connectivity index (χ3n) is 3.03. The monoisotopic (exact) mass is 272 g/mol. The minimum Gasteiger partial charge on any atom is -0.493 e. The maximum absolute atomic E-state index is 13.1. The van der Waals surface area contributed by atoms with Crippen LogP contribution in [0.4, 0.5) is 4.39 Å². The van der Waals surface area contributed by atoms with Crippen LogP contribution in [0.5, 0.6) is 5.75 Å². The first-order chi connectivity index (χ1) is 9.66. The summed E-state index contributed by atoms with van der Waals surface area (Å²) in [4.78, 5) is 11.4. The molecule has 0 bridgehead atoms. The van der Waals surface area contributed by atoms with Gasteiger partial charge in [0.05, 0.1) is 12.2 Å². The molecule has 0 aliphatic heterocycles. The van der Waals surface area contributed by atoms with Crippen molar-refractivity contribution in [3.8, 4) is 5.75 Å². The summed E-state index contributed by atoms with van der Waals surface area (Å²) in [5.74, 6) is -0.165. The van der Waals surface area contributed by atoms with Gasteiger partial charge in [0.15, 0.2) is 5.78 Å². The summed E-state index contributed by atoms with van der Waals surface area (Å²) < 4.78 is 18.7. The fourth-order valence-electron chi connectivity index (χ4n) is 2.01. The molecule has 0 fully saturated rings.